The largest absolute Gasteiger partial charge is 0.461 e. The van der Waals surface area contributed by atoms with Crippen LogP contribution in [0.15, 0.2) is 48.9 Å². The van der Waals surface area contributed by atoms with Gasteiger partial charge in [-0.3, -0.25) is 0 Å². The van der Waals surface area contributed by atoms with Crippen molar-refractivity contribution in [3.8, 4) is 6.01 Å². The van der Waals surface area contributed by atoms with Gasteiger partial charge in [-0.25, -0.2) is 4.98 Å². The van der Waals surface area contributed by atoms with Crippen molar-refractivity contribution in [1.29, 1.82) is 0 Å². The third-order valence-corrected chi connectivity index (χ3v) is 8.31. The molecule has 3 aliphatic heterocycles. The predicted molar refractivity (Wildman–Crippen MR) is 152 cm³/mol. The van der Waals surface area contributed by atoms with E-state index in [-0.39, 0.29) is 6.10 Å². The Morgan fingerprint density at radius 3 is 2.82 bits per heavy atom. The molecule has 0 N–H and O–H groups in total. The van der Waals surface area contributed by atoms with E-state index in [9.17, 15) is 0 Å². The number of fused-ring (bicyclic) bond motifs is 3. The Morgan fingerprint density at radius 1 is 1.03 bits per heavy atom. The number of aromatic nitrogens is 4. The zero-order valence-electron chi connectivity index (χ0n) is 22.1. The zero-order chi connectivity index (χ0) is 26.3. The van der Waals surface area contributed by atoms with Gasteiger partial charge in [-0.2, -0.15) is 9.97 Å². The van der Waals surface area contributed by atoms with Gasteiger partial charge in [0.15, 0.2) is 0 Å². The van der Waals surface area contributed by atoms with Gasteiger partial charge in [0.1, 0.15) is 18.5 Å². The Balaban J connectivity index is 1.22. The van der Waals surface area contributed by atoms with Gasteiger partial charge in [0.05, 0.1) is 42.4 Å². The van der Waals surface area contributed by atoms with Crippen molar-refractivity contribution >= 4 is 33.9 Å². The van der Waals surface area contributed by atoms with Crippen LogP contribution in [0.5, 0.6) is 6.01 Å². The van der Waals surface area contributed by atoms with Gasteiger partial charge >= 0.3 is 6.01 Å². The monoisotopic (exact) mass is 545 g/mol. The van der Waals surface area contributed by atoms with Crippen LogP contribution < -0.4 is 14.5 Å². The number of hydrogen-bond acceptors (Lipinski definition) is 8. The first-order chi connectivity index (χ1) is 19.1. The lowest BCUT2D eigenvalue weighted by Gasteiger charge is -2.35. The smallest absolute Gasteiger partial charge is 0.318 e. The lowest BCUT2D eigenvalue weighted by molar-refractivity contribution is -0.0417. The molecule has 0 amide bonds. The van der Waals surface area contributed by atoms with Gasteiger partial charge < -0.3 is 28.7 Å². The normalized spacial score (nSPS) is 19.7. The summed E-state index contributed by atoms with van der Waals surface area (Å²) < 4.78 is 14.4. The number of benzene rings is 2. The highest BCUT2D eigenvalue weighted by molar-refractivity contribution is 6.36. The van der Waals surface area contributed by atoms with Crippen molar-refractivity contribution in [3.63, 3.8) is 0 Å². The average molecular weight is 546 g/mol. The number of hydrogen-bond donors (Lipinski definition) is 0. The van der Waals surface area contributed by atoms with Crippen LogP contribution in [0.25, 0.3) is 10.8 Å². The van der Waals surface area contributed by atoms with Gasteiger partial charge in [0.25, 0.3) is 0 Å². The standard InChI is InChI=1S/C29H32ClN7O2/c1-34-12-13-38-22(16-34)18-39-29-32-25-17-35(26-7-3-5-20-4-2-6-24(30)27(20)26)9-8-23(25)28(33-29)36-10-11-37-19-31-14-21(37)15-36/h2-7,14,19,22H,8-13,15-18H2,1H3/t22-/m1/s1. The highest BCUT2D eigenvalue weighted by atomic mass is 35.5. The molecule has 202 valence electrons. The van der Waals surface area contributed by atoms with Crippen molar-refractivity contribution in [2.45, 2.75) is 32.2 Å². The quantitative estimate of drug-likeness (QED) is 0.375. The summed E-state index contributed by atoms with van der Waals surface area (Å²) in [5.74, 6) is 0.972. The van der Waals surface area contributed by atoms with E-state index in [1.807, 2.05) is 24.7 Å². The van der Waals surface area contributed by atoms with E-state index < -0.39 is 0 Å². The number of morpholine rings is 1. The van der Waals surface area contributed by atoms with E-state index in [2.05, 4.69) is 55.6 Å². The first-order valence-electron chi connectivity index (χ1n) is 13.6. The molecule has 0 bridgehead atoms. The maximum atomic E-state index is 6.69. The van der Waals surface area contributed by atoms with Gasteiger partial charge in [-0.15, -0.1) is 0 Å². The summed E-state index contributed by atoms with van der Waals surface area (Å²) in [6.45, 7) is 6.96. The molecule has 9 nitrogen and oxygen atoms in total. The molecule has 2 aromatic heterocycles. The van der Waals surface area contributed by atoms with Gasteiger partial charge in [0, 0.05) is 55.6 Å². The predicted octanol–water partition coefficient (Wildman–Crippen LogP) is 3.77. The first kappa shape index (κ1) is 24.6. The Morgan fingerprint density at radius 2 is 1.92 bits per heavy atom. The topological polar surface area (TPSA) is 71.8 Å². The molecule has 0 radical (unpaired) electrons. The molecule has 3 aliphatic rings. The second-order valence-electron chi connectivity index (χ2n) is 10.6. The zero-order valence-corrected chi connectivity index (χ0v) is 22.8. The Kier molecular flexibility index (Phi) is 6.50. The summed E-state index contributed by atoms with van der Waals surface area (Å²) in [7, 11) is 2.11. The van der Waals surface area contributed by atoms with Crippen molar-refractivity contribution in [1.82, 2.24) is 24.4 Å². The fraction of sp³-hybridized carbons (Fsp3) is 0.414. The number of anilines is 2. The fourth-order valence-corrected chi connectivity index (χ4v) is 6.24. The molecule has 0 saturated carbocycles. The van der Waals surface area contributed by atoms with Gasteiger partial charge in [-0.05, 0) is 31.0 Å². The summed E-state index contributed by atoms with van der Waals surface area (Å²) >= 11 is 6.69. The number of ether oxygens (including phenoxy) is 2. The van der Waals surface area contributed by atoms with E-state index in [0.29, 0.717) is 25.8 Å². The summed E-state index contributed by atoms with van der Waals surface area (Å²) in [6, 6.07) is 12.9. The maximum Gasteiger partial charge on any atom is 0.318 e. The van der Waals surface area contributed by atoms with E-state index in [0.717, 1.165) is 78.7 Å². The molecule has 5 heterocycles. The molecule has 1 fully saturated rings. The highest BCUT2D eigenvalue weighted by Crippen LogP contribution is 2.37. The van der Waals surface area contributed by atoms with E-state index >= 15 is 0 Å². The van der Waals surface area contributed by atoms with Crippen LogP contribution in [0.4, 0.5) is 11.5 Å². The second-order valence-corrected chi connectivity index (χ2v) is 11.0. The molecule has 7 rings (SSSR count). The van der Waals surface area contributed by atoms with Crippen molar-refractivity contribution in [2.75, 3.05) is 56.2 Å². The van der Waals surface area contributed by atoms with E-state index in [1.54, 1.807) is 0 Å². The van der Waals surface area contributed by atoms with Crippen LogP contribution in [-0.2, 0) is 30.8 Å². The summed E-state index contributed by atoms with van der Waals surface area (Å²) in [5.41, 5.74) is 4.53. The average Bonchev–Trinajstić information content (AvgIpc) is 3.43. The molecule has 1 saturated heterocycles. The lowest BCUT2D eigenvalue weighted by atomic mass is 10.0. The molecular weight excluding hydrogens is 514 g/mol. The summed E-state index contributed by atoms with van der Waals surface area (Å²) in [6.07, 6.45) is 4.70. The van der Waals surface area contributed by atoms with Gasteiger partial charge in [-0.1, -0.05) is 35.9 Å². The Hall–Kier alpha value is -3.40. The number of imidazole rings is 1. The minimum atomic E-state index is 0.00509. The SMILES string of the molecule is CN1CCO[C@@H](COc2nc3c(c(N4CCn5cncc5C4)n2)CCN(c2cccc4cccc(Cl)c24)C3)C1. The van der Waals surface area contributed by atoms with Crippen molar-refractivity contribution < 1.29 is 9.47 Å². The van der Waals surface area contributed by atoms with E-state index in [1.165, 1.54) is 11.3 Å². The van der Waals surface area contributed by atoms with Crippen LogP contribution >= 0.6 is 11.6 Å². The molecule has 0 aliphatic carbocycles. The molecule has 1 atom stereocenters. The molecule has 0 spiro atoms. The van der Waals surface area contributed by atoms with Crippen LogP contribution in [-0.4, -0.2) is 77.0 Å². The first-order valence-corrected chi connectivity index (χ1v) is 14.0. The maximum absolute atomic E-state index is 6.69. The fourth-order valence-electron chi connectivity index (χ4n) is 5.96. The van der Waals surface area contributed by atoms with Crippen molar-refractivity contribution in [3.05, 3.63) is 70.9 Å². The molecule has 2 aromatic carbocycles. The van der Waals surface area contributed by atoms with Gasteiger partial charge in [0.2, 0.25) is 0 Å². The van der Waals surface area contributed by atoms with Crippen LogP contribution in [0.2, 0.25) is 5.02 Å². The van der Waals surface area contributed by atoms with Crippen LogP contribution in [0, 0.1) is 0 Å². The summed E-state index contributed by atoms with van der Waals surface area (Å²) in [5, 5.41) is 2.99. The minimum Gasteiger partial charge on any atom is -0.461 e. The molecular formula is C29H32ClN7O2. The lowest BCUT2D eigenvalue weighted by Crippen LogP contribution is -2.43. The highest BCUT2D eigenvalue weighted by Gasteiger charge is 2.29. The second kappa shape index (κ2) is 10.3. The third kappa shape index (κ3) is 4.79. The van der Waals surface area contributed by atoms with Crippen LogP contribution in [0.3, 0.4) is 0 Å². The minimum absolute atomic E-state index is 0.00509. The third-order valence-electron chi connectivity index (χ3n) is 8.00. The molecule has 10 heteroatoms. The Labute approximate surface area is 232 Å². The molecule has 0 unspecified atom stereocenters. The summed E-state index contributed by atoms with van der Waals surface area (Å²) in [4.78, 5) is 21.3. The number of likely N-dealkylation sites (N-methyl/N-ethyl adjacent to an activating group) is 1. The van der Waals surface area contributed by atoms with Crippen LogP contribution in [0.1, 0.15) is 17.0 Å². The van der Waals surface area contributed by atoms with E-state index in [4.69, 9.17) is 31.0 Å². The Bertz CT molecular complexity index is 1500. The number of halogens is 1. The molecule has 39 heavy (non-hydrogen) atoms. The van der Waals surface area contributed by atoms with Crippen molar-refractivity contribution in [2.24, 2.45) is 0 Å². The number of nitrogens with zero attached hydrogens (tertiary/aromatic N) is 7. The molecule has 4 aromatic rings. The number of rotatable bonds is 5.